The highest BCUT2D eigenvalue weighted by molar-refractivity contribution is 7.19. The maximum atomic E-state index is 13.7. The number of rotatable bonds is 7. The van der Waals surface area contributed by atoms with Gasteiger partial charge in [0.05, 0.1) is 30.2 Å². The van der Waals surface area contributed by atoms with Crippen LogP contribution >= 0.6 is 11.3 Å². The van der Waals surface area contributed by atoms with Gasteiger partial charge in [0.25, 0.3) is 0 Å². The second-order valence-electron chi connectivity index (χ2n) is 11.0. The Kier molecular flexibility index (Phi) is 7.39. The lowest BCUT2D eigenvalue weighted by Crippen LogP contribution is -2.34. The first-order valence-corrected chi connectivity index (χ1v) is 15.3. The molecule has 214 valence electrons. The fourth-order valence-electron chi connectivity index (χ4n) is 6.00. The first-order chi connectivity index (χ1) is 20.6. The quantitative estimate of drug-likeness (QED) is 0.241. The van der Waals surface area contributed by atoms with Gasteiger partial charge in [0.1, 0.15) is 22.8 Å². The van der Waals surface area contributed by atoms with Crippen molar-refractivity contribution in [2.75, 3.05) is 31.5 Å². The Labute approximate surface area is 247 Å². The zero-order valence-electron chi connectivity index (χ0n) is 23.3. The number of piperidine rings is 1. The molecule has 0 unspecified atom stereocenters. The van der Waals surface area contributed by atoms with Crippen LogP contribution in [0.15, 0.2) is 67.1 Å². The van der Waals surface area contributed by atoms with Gasteiger partial charge in [-0.3, -0.25) is 14.4 Å². The van der Waals surface area contributed by atoms with Gasteiger partial charge in [-0.1, -0.05) is 24.6 Å². The number of nitrogens with one attached hydrogen (secondary N) is 1. The van der Waals surface area contributed by atoms with Crippen LogP contribution in [0.2, 0.25) is 0 Å². The first-order valence-electron chi connectivity index (χ1n) is 14.5. The summed E-state index contributed by atoms with van der Waals surface area (Å²) in [5.41, 5.74) is 3.96. The second-order valence-corrected chi connectivity index (χ2v) is 12.1. The van der Waals surface area contributed by atoms with Crippen LogP contribution in [0.3, 0.4) is 0 Å². The van der Waals surface area contributed by atoms with E-state index in [1.807, 2.05) is 46.1 Å². The molecule has 1 fully saturated rings. The van der Waals surface area contributed by atoms with Crippen LogP contribution < -0.4 is 5.32 Å². The van der Waals surface area contributed by atoms with Gasteiger partial charge in [-0.25, -0.2) is 14.4 Å². The Morgan fingerprint density at radius 1 is 1.07 bits per heavy atom. The molecule has 0 bridgehead atoms. The molecular formula is C32H32FN7OS. The summed E-state index contributed by atoms with van der Waals surface area (Å²) in [4.78, 5) is 28.6. The van der Waals surface area contributed by atoms with E-state index < -0.39 is 0 Å². The fourth-order valence-corrected chi connectivity index (χ4v) is 7.20. The van der Waals surface area contributed by atoms with Crippen molar-refractivity contribution in [3.05, 3.63) is 89.0 Å². The molecule has 7 rings (SSSR count). The summed E-state index contributed by atoms with van der Waals surface area (Å²) in [5.74, 6) is 0.595. The van der Waals surface area contributed by atoms with E-state index in [1.54, 1.807) is 29.8 Å². The van der Waals surface area contributed by atoms with Crippen LogP contribution in [-0.4, -0.2) is 61.6 Å². The Morgan fingerprint density at radius 2 is 1.98 bits per heavy atom. The molecule has 8 nitrogen and oxygen atoms in total. The summed E-state index contributed by atoms with van der Waals surface area (Å²) in [5, 5.41) is 10.1. The molecular weight excluding hydrogens is 549 g/mol. The molecule has 1 saturated heterocycles. The van der Waals surface area contributed by atoms with Gasteiger partial charge in [0.2, 0.25) is 5.91 Å². The predicted octanol–water partition coefficient (Wildman–Crippen LogP) is 5.90. The molecule has 0 aliphatic carbocycles. The lowest BCUT2D eigenvalue weighted by Gasteiger charge is -2.27. The standard InChI is InChI=1S/C32H32FN7OS/c33-24-7-4-6-22(16-24)19-40-27-10-9-25(17-23(27)18-36-40)37-31-30-26-11-15-39(20-28(26)42-32(30)35-21-34-31)29(41)8-5-14-38-12-2-1-3-13-38/h4-10,16-18,21H,1-3,11-15,19-20H2,(H,34,35,37)/b8-5+. The van der Waals surface area contributed by atoms with E-state index in [1.165, 1.54) is 41.8 Å². The lowest BCUT2D eigenvalue weighted by atomic mass is 10.0. The molecule has 10 heteroatoms. The molecule has 5 aromatic rings. The van der Waals surface area contributed by atoms with Gasteiger partial charge in [0, 0.05) is 35.1 Å². The van der Waals surface area contributed by atoms with Crippen molar-refractivity contribution >= 4 is 49.9 Å². The monoisotopic (exact) mass is 581 g/mol. The molecule has 2 aromatic carbocycles. The number of fused-ring (bicyclic) bond motifs is 4. The van der Waals surface area contributed by atoms with Crippen LogP contribution in [0.5, 0.6) is 0 Å². The van der Waals surface area contributed by atoms with E-state index in [9.17, 15) is 9.18 Å². The summed E-state index contributed by atoms with van der Waals surface area (Å²) in [6.45, 7) is 4.86. The normalized spacial score (nSPS) is 16.0. The van der Waals surface area contributed by atoms with Gasteiger partial charge >= 0.3 is 0 Å². The Bertz CT molecular complexity index is 1790. The van der Waals surface area contributed by atoms with Crippen LogP contribution in [0.1, 0.15) is 35.3 Å². The largest absolute Gasteiger partial charge is 0.340 e. The Hall–Kier alpha value is -4.15. The number of carbonyl (C=O) groups is 1. The minimum absolute atomic E-state index is 0.0748. The third kappa shape index (κ3) is 5.52. The number of hydrogen-bond donors (Lipinski definition) is 1. The summed E-state index contributed by atoms with van der Waals surface area (Å²) in [6, 6.07) is 12.7. The van der Waals surface area contributed by atoms with Gasteiger partial charge in [-0.15, -0.1) is 11.3 Å². The van der Waals surface area contributed by atoms with Gasteiger partial charge in [-0.05, 0) is 73.8 Å². The molecule has 0 spiro atoms. The molecule has 0 atom stereocenters. The maximum Gasteiger partial charge on any atom is 0.246 e. The van der Waals surface area contributed by atoms with E-state index in [4.69, 9.17) is 0 Å². The van der Waals surface area contributed by atoms with Gasteiger partial charge in [0.15, 0.2) is 0 Å². The van der Waals surface area contributed by atoms with Crippen molar-refractivity contribution in [3.63, 3.8) is 0 Å². The average Bonchev–Trinajstić information content (AvgIpc) is 3.58. The molecule has 0 radical (unpaired) electrons. The number of benzene rings is 2. The Morgan fingerprint density at radius 3 is 2.86 bits per heavy atom. The van der Waals surface area contributed by atoms with Crippen molar-refractivity contribution in [2.24, 2.45) is 0 Å². The number of nitrogens with zero attached hydrogens (tertiary/aromatic N) is 6. The van der Waals surface area contributed by atoms with Crippen LogP contribution in [-0.2, 0) is 24.3 Å². The van der Waals surface area contributed by atoms with Crippen molar-refractivity contribution in [2.45, 2.75) is 38.8 Å². The zero-order chi connectivity index (χ0) is 28.5. The molecule has 2 aliphatic heterocycles. The molecule has 42 heavy (non-hydrogen) atoms. The summed E-state index contributed by atoms with van der Waals surface area (Å²) in [7, 11) is 0. The smallest absolute Gasteiger partial charge is 0.246 e. The molecule has 5 heterocycles. The minimum Gasteiger partial charge on any atom is -0.340 e. The van der Waals surface area contributed by atoms with Crippen molar-refractivity contribution in [1.29, 1.82) is 0 Å². The second kappa shape index (κ2) is 11.6. The highest BCUT2D eigenvalue weighted by Gasteiger charge is 2.25. The zero-order valence-corrected chi connectivity index (χ0v) is 24.1. The lowest BCUT2D eigenvalue weighted by molar-refractivity contribution is -0.126. The van der Waals surface area contributed by atoms with Crippen LogP contribution in [0, 0.1) is 5.82 Å². The average molecular weight is 582 g/mol. The fraction of sp³-hybridized carbons (Fsp3) is 0.312. The molecule has 0 saturated carbocycles. The third-order valence-electron chi connectivity index (χ3n) is 8.15. The first kappa shape index (κ1) is 26.7. The molecule has 2 aliphatic rings. The van der Waals surface area contributed by atoms with E-state index in [0.717, 1.165) is 64.2 Å². The third-order valence-corrected chi connectivity index (χ3v) is 9.27. The van der Waals surface area contributed by atoms with Crippen molar-refractivity contribution < 1.29 is 9.18 Å². The molecule has 1 amide bonds. The van der Waals surface area contributed by atoms with E-state index >= 15 is 0 Å². The van der Waals surface area contributed by atoms with E-state index in [2.05, 4.69) is 25.3 Å². The number of amides is 1. The Balaban J connectivity index is 1.07. The van der Waals surface area contributed by atoms with Gasteiger partial charge < -0.3 is 10.2 Å². The van der Waals surface area contributed by atoms with E-state index in [0.29, 0.717) is 19.6 Å². The number of aromatic nitrogens is 4. The summed E-state index contributed by atoms with van der Waals surface area (Å²) in [6.07, 6.45) is 11.8. The minimum atomic E-state index is -0.249. The number of anilines is 2. The number of hydrogen-bond acceptors (Lipinski definition) is 7. The number of likely N-dealkylation sites (tertiary alicyclic amines) is 1. The SMILES string of the molecule is O=C(/C=C/CN1CCCCC1)N1CCc2c(sc3ncnc(Nc4ccc5c(cnn5Cc5cccc(F)c5)c4)c23)C1. The molecule has 1 N–H and O–H groups in total. The van der Waals surface area contributed by atoms with Crippen LogP contribution in [0.4, 0.5) is 15.9 Å². The molecule has 3 aromatic heterocycles. The number of thiophene rings is 1. The summed E-state index contributed by atoms with van der Waals surface area (Å²) >= 11 is 1.64. The van der Waals surface area contributed by atoms with Gasteiger partial charge in [-0.2, -0.15) is 5.10 Å². The number of carbonyl (C=O) groups excluding carboxylic acids is 1. The topological polar surface area (TPSA) is 79.2 Å². The summed E-state index contributed by atoms with van der Waals surface area (Å²) < 4.78 is 15.5. The number of halogens is 1. The highest BCUT2D eigenvalue weighted by atomic mass is 32.1. The predicted molar refractivity (Wildman–Crippen MR) is 164 cm³/mol. The highest BCUT2D eigenvalue weighted by Crippen LogP contribution is 2.38. The maximum absolute atomic E-state index is 13.7. The van der Waals surface area contributed by atoms with Crippen molar-refractivity contribution in [3.8, 4) is 0 Å². The van der Waals surface area contributed by atoms with Crippen molar-refractivity contribution in [1.82, 2.24) is 29.5 Å². The van der Waals surface area contributed by atoms with Crippen LogP contribution in [0.25, 0.3) is 21.1 Å². The van der Waals surface area contributed by atoms with E-state index in [-0.39, 0.29) is 11.7 Å².